The fraction of sp³-hybridized carbons (Fsp3) is 0.350. The van der Waals surface area contributed by atoms with Crippen molar-refractivity contribution in [3.63, 3.8) is 0 Å². The summed E-state index contributed by atoms with van der Waals surface area (Å²) in [6.45, 7) is 0.797. The summed E-state index contributed by atoms with van der Waals surface area (Å²) in [5.41, 5.74) is 3.06. The van der Waals surface area contributed by atoms with Crippen molar-refractivity contribution in [2.45, 2.75) is 31.7 Å². The molecule has 28 heavy (non-hydrogen) atoms. The summed E-state index contributed by atoms with van der Waals surface area (Å²) in [5, 5.41) is 9.08. The van der Waals surface area contributed by atoms with Crippen LogP contribution in [0.15, 0.2) is 36.4 Å². The van der Waals surface area contributed by atoms with Gasteiger partial charge in [0.2, 0.25) is 0 Å². The van der Waals surface area contributed by atoms with Crippen LogP contribution in [0.3, 0.4) is 0 Å². The predicted molar refractivity (Wildman–Crippen MR) is 92.8 cm³/mol. The van der Waals surface area contributed by atoms with E-state index in [2.05, 4.69) is 4.74 Å². The van der Waals surface area contributed by atoms with Gasteiger partial charge in [-0.2, -0.15) is 0 Å². The Bertz CT molecular complexity index is 928. The molecule has 0 aromatic heterocycles. The molecule has 148 valence electrons. The van der Waals surface area contributed by atoms with Gasteiger partial charge in [-0.05, 0) is 47.6 Å². The molecule has 1 saturated carbocycles. The minimum atomic E-state index is -4.84. The van der Waals surface area contributed by atoms with Gasteiger partial charge in [-0.25, -0.2) is 4.39 Å². The van der Waals surface area contributed by atoms with E-state index in [1.807, 2.05) is 18.2 Å². The molecule has 8 heteroatoms. The number of rotatable bonds is 4. The molecule has 1 heterocycles. The van der Waals surface area contributed by atoms with Crippen molar-refractivity contribution in [2.75, 3.05) is 11.4 Å². The molecular weight excluding hydrogens is 378 g/mol. The lowest BCUT2D eigenvalue weighted by Crippen LogP contribution is -2.31. The number of hydrogen-bond donors (Lipinski definition) is 1. The van der Waals surface area contributed by atoms with Gasteiger partial charge in [-0.1, -0.05) is 18.2 Å². The van der Waals surface area contributed by atoms with Gasteiger partial charge in [0.1, 0.15) is 11.6 Å². The fourth-order valence-corrected chi connectivity index (χ4v) is 3.78. The Morgan fingerprint density at radius 3 is 2.61 bits per heavy atom. The molecule has 0 saturated heterocycles. The maximum atomic E-state index is 14.2. The summed E-state index contributed by atoms with van der Waals surface area (Å²) >= 11 is 0. The first-order chi connectivity index (χ1) is 13.2. The van der Waals surface area contributed by atoms with Crippen molar-refractivity contribution < 1.29 is 32.2 Å². The zero-order chi connectivity index (χ0) is 20.1. The number of carbonyl (C=O) groups is 1. The summed E-state index contributed by atoms with van der Waals surface area (Å²) in [5.74, 6) is -2.15. The van der Waals surface area contributed by atoms with E-state index < -0.39 is 23.9 Å². The normalized spacial score (nSPS) is 21.2. The number of alkyl halides is 3. The summed E-state index contributed by atoms with van der Waals surface area (Å²) in [7, 11) is 0. The standard InChI is InChI=1S/C20H17F4NO3/c21-17-4-3-14(28-20(22,23)24)8-18(17)25-6-5-11-7-12(1-2-13(11)10-25)15-9-16(15)19(26)27/h1-4,7-8,15-16H,5-6,9-10H2,(H,26,27). The lowest BCUT2D eigenvalue weighted by Gasteiger charge is -2.31. The van der Waals surface area contributed by atoms with Crippen LogP contribution < -0.4 is 9.64 Å². The Labute approximate surface area is 158 Å². The molecule has 1 aliphatic heterocycles. The number of halogens is 4. The van der Waals surface area contributed by atoms with E-state index in [1.54, 1.807) is 4.90 Å². The molecule has 0 amide bonds. The monoisotopic (exact) mass is 395 g/mol. The Morgan fingerprint density at radius 2 is 1.93 bits per heavy atom. The maximum absolute atomic E-state index is 14.2. The van der Waals surface area contributed by atoms with Crippen LogP contribution in [0.25, 0.3) is 0 Å². The zero-order valence-electron chi connectivity index (χ0n) is 14.7. The Morgan fingerprint density at radius 1 is 1.14 bits per heavy atom. The third kappa shape index (κ3) is 3.76. The lowest BCUT2D eigenvalue weighted by molar-refractivity contribution is -0.274. The average Bonchev–Trinajstić information content (AvgIpc) is 3.42. The second-order valence-corrected chi connectivity index (χ2v) is 7.15. The van der Waals surface area contributed by atoms with Crippen molar-refractivity contribution in [3.8, 4) is 5.75 Å². The molecule has 0 bridgehead atoms. The number of anilines is 1. The number of nitrogens with zero attached hydrogens (tertiary/aromatic N) is 1. The number of benzene rings is 2. The number of fused-ring (bicyclic) bond motifs is 1. The number of ether oxygens (including phenoxy) is 1. The van der Waals surface area contributed by atoms with E-state index in [0.29, 0.717) is 25.9 Å². The van der Waals surface area contributed by atoms with E-state index in [4.69, 9.17) is 5.11 Å². The third-order valence-corrected chi connectivity index (χ3v) is 5.27. The topological polar surface area (TPSA) is 49.8 Å². The molecular formula is C20H17F4NO3. The minimum absolute atomic E-state index is 0.0365. The first-order valence-electron chi connectivity index (χ1n) is 8.86. The average molecular weight is 395 g/mol. The first kappa shape index (κ1) is 18.6. The van der Waals surface area contributed by atoms with Gasteiger partial charge in [-0.3, -0.25) is 4.79 Å². The number of hydrogen-bond acceptors (Lipinski definition) is 3. The smallest absolute Gasteiger partial charge is 0.481 e. The number of aliphatic carboxylic acids is 1. The second kappa shape index (κ2) is 6.68. The molecule has 0 radical (unpaired) electrons. The molecule has 0 spiro atoms. The van der Waals surface area contributed by atoms with Gasteiger partial charge in [0.15, 0.2) is 0 Å². The highest BCUT2D eigenvalue weighted by Crippen LogP contribution is 2.48. The Hall–Kier alpha value is -2.77. The SMILES string of the molecule is O=C(O)C1CC1c1ccc2c(c1)CCN(c1cc(OC(F)(F)F)ccc1F)C2. The molecule has 1 aliphatic carbocycles. The third-order valence-electron chi connectivity index (χ3n) is 5.27. The van der Waals surface area contributed by atoms with Crippen LogP contribution in [0.1, 0.15) is 29.0 Å². The van der Waals surface area contributed by atoms with Crippen LogP contribution in [-0.2, 0) is 17.8 Å². The summed E-state index contributed by atoms with van der Waals surface area (Å²) in [6.07, 6.45) is -3.61. The van der Waals surface area contributed by atoms with Crippen molar-refractivity contribution >= 4 is 11.7 Å². The minimum Gasteiger partial charge on any atom is -0.481 e. The zero-order valence-corrected chi connectivity index (χ0v) is 14.7. The molecule has 2 aromatic carbocycles. The summed E-state index contributed by atoms with van der Waals surface area (Å²) < 4.78 is 55.4. The fourth-order valence-electron chi connectivity index (χ4n) is 3.78. The number of carboxylic acid groups (broad SMARTS) is 1. The van der Waals surface area contributed by atoms with E-state index in [9.17, 15) is 22.4 Å². The highest BCUT2D eigenvalue weighted by Gasteiger charge is 2.44. The summed E-state index contributed by atoms with van der Waals surface area (Å²) in [4.78, 5) is 12.7. The van der Waals surface area contributed by atoms with E-state index in [-0.39, 0.29) is 17.5 Å². The Kier molecular flexibility index (Phi) is 4.44. The van der Waals surface area contributed by atoms with Gasteiger partial charge < -0.3 is 14.7 Å². The van der Waals surface area contributed by atoms with Gasteiger partial charge >= 0.3 is 12.3 Å². The van der Waals surface area contributed by atoms with Crippen LogP contribution in [0.2, 0.25) is 0 Å². The van der Waals surface area contributed by atoms with Crippen molar-refractivity contribution in [2.24, 2.45) is 5.92 Å². The van der Waals surface area contributed by atoms with Crippen LogP contribution in [0, 0.1) is 11.7 Å². The van der Waals surface area contributed by atoms with E-state index in [1.165, 1.54) is 0 Å². The molecule has 1 N–H and O–H groups in total. The quantitative estimate of drug-likeness (QED) is 0.776. The van der Waals surface area contributed by atoms with E-state index >= 15 is 0 Å². The highest BCUT2D eigenvalue weighted by molar-refractivity contribution is 5.75. The lowest BCUT2D eigenvalue weighted by atomic mass is 9.95. The Balaban J connectivity index is 1.53. The molecule has 4 nitrogen and oxygen atoms in total. The maximum Gasteiger partial charge on any atom is 0.573 e. The van der Waals surface area contributed by atoms with Gasteiger partial charge in [0.25, 0.3) is 0 Å². The van der Waals surface area contributed by atoms with Crippen LogP contribution >= 0.6 is 0 Å². The number of carboxylic acids is 1. The molecule has 2 aromatic rings. The largest absolute Gasteiger partial charge is 0.573 e. The van der Waals surface area contributed by atoms with Gasteiger partial charge in [0.05, 0.1) is 11.6 Å². The molecule has 4 rings (SSSR count). The van der Waals surface area contributed by atoms with Gasteiger partial charge in [0, 0.05) is 19.2 Å². The molecule has 2 atom stereocenters. The van der Waals surface area contributed by atoms with Crippen molar-refractivity contribution in [1.82, 2.24) is 0 Å². The van der Waals surface area contributed by atoms with Gasteiger partial charge in [-0.15, -0.1) is 13.2 Å². The van der Waals surface area contributed by atoms with Crippen molar-refractivity contribution in [3.05, 3.63) is 58.9 Å². The molecule has 2 unspecified atom stereocenters. The van der Waals surface area contributed by atoms with Crippen molar-refractivity contribution in [1.29, 1.82) is 0 Å². The predicted octanol–water partition coefficient (Wildman–Crippen LogP) is 4.48. The molecule has 1 fully saturated rings. The first-order valence-corrected chi connectivity index (χ1v) is 8.86. The van der Waals surface area contributed by atoms with Crippen LogP contribution in [-0.4, -0.2) is 24.0 Å². The van der Waals surface area contributed by atoms with E-state index in [0.717, 1.165) is 34.9 Å². The van der Waals surface area contributed by atoms with Crippen LogP contribution in [0.4, 0.5) is 23.2 Å². The van der Waals surface area contributed by atoms with Crippen LogP contribution in [0.5, 0.6) is 5.75 Å². The molecule has 2 aliphatic rings. The highest BCUT2D eigenvalue weighted by atomic mass is 19.4. The second-order valence-electron chi connectivity index (χ2n) is 7.15. The summed E-state index contributed by atoms with van der Waals surface area (Å²) in [6, 6.07) is 8.75.